The van der Waals surface area contributed by atoms with E-state index in [0.717, 1.165) is 0 Å². The van der Waals surface area contributed by atoms with Gasteiger partial charge in [-0.15, -0.1) is 10.2 Å². The molecule has 0 aliphatic rings. The Kier molecular flexibility index (Phi) is 17.2. The molecule has 5 nitrogen and oxygen atoms in total. The number of rotatable bonds is 0. The van der Waals surface area contributed by atoms with E-state index in [1.54, 1.807) is 6.07 Å². The number of halogens is 1. The molecule has 0 aliphatic heterocycles. The van der Waals surface area contributed by atoms with Crippen molar-refractivity contribution in [2.24, 2.45) is 0 Å². The summed E-state index contributed by atoms with van der Waals surface area (Å²) in [4.78, 5) is 0. The number of hydrogen-bond donors (Lipinski definition) is 0. The van der Waals surface area contributed by atoms with E-state index >= 15 is 0 Å². The Bertz CT molecular complexity index is 79.5. The summed E-state index contributed by atoms with van der Waals surface area (Å²) in [5.41, 5.74) is 0. The summed E-state index contributed by atoms with van der Waals surface area (Å²) >= 11 is 0. The average Bonchev–Trinajstić information content (AvgIpc) is 1.27. The first-order chi connectivity index (χ1) is 3.41. The maximum absolute atomic E-state index is 8.49. The first-order valence-electron chi connectivity index (χ1n) is 1.34. The van der Waals surface area contributed by atoms with Crippen LogP contribution in [-0.2, 0) is 0 Å². The van der Waals surface area contributed by atoms with Crippen LogP contribution in [0.5, 0.6) is 0 Å². The van der Waals surface area contributed by atoms with Gasteiger partial charge in [-0.25, -0.2) is 18.6 Å². The third-order valence-electron chi connectivity index (χ3n) is 0. The van der Waals surface area contributed by atoms with Crippen molar-refractivity contribution in [1.82, 2.24) is 0 Å². The third-order valence-corrected chi connectivity index (χ3v) is 0. The van der Waals surface area contributed by atoms with Gasteiger partial charge in [-0.2, -0.15) is 5.26 Å². The van der Waals surface area contributed by atoms with E-state index < -0.39 is 10.2 Å². The summed E-state index contributed by atoms with van der Waals surface area (Å²) in [6, 6.07) is 1.75. The van der Waals surface area contributed by atoms with E-state index in [-0.39, 0.29) is 51.4 Å². The second-order valence-electron chi connectivity index (χ2n) is 0.602. The maximum atomic E-state index is 8.49. The largest absolute Gasteiger partial charge is 1.00 e. The topological polar surface area (TPSA) is 116 Å². The molecule has 0 radical (unpaired) electrons. The van der Waals surface area contributed by atoms with E-state index in [9.17, 15) is 0 Å². The van der Waals surface area contributed by atoms with Crippen LogP contribution in [0.15, 0.2) is 0 Å². The van der Waals surface area contributed by atoms with Gasteiger partial charge in [0.05, 0.1) is 6.07 Å². The zero-order chi connectivity index (χ0) is 7.21. The summed E-state index contributed by atoms with van der Waals surface area (Å²) in [5.74, 6) is 0. The van der Waals surface area contributed by atoms with E-state index in [2.05, 4.69) is 0 Å². The molecule has 0 fully saturated rings. The molecule has 0 bridgehead atoms. The Morgan fingerprint density at radius 3 is 1.22 bits per heavy atom. The summed E-state index contributed by atoms with van der Waals surface area (Å²) in [7, 11) is -4.94. The molecule has 0 aliphatic carbocycles. The summed E-state index contributed by atoms with van der Waals surface area (Å²) in [6.07, 6.45) is 0. The molecule has 0 aromatic rings. The molecule has 0 saturated heterocycles. The Hall–Kier alpha value is 1.26. The third kappa shape index (κ3) is 309. The van der Waals surface area contributed by atoms with Gasteiger partial charge in [0.25, 0.3) is 0 Å². The molecular weight excluding hydrogens is 177 g/mol. The van der Waals surface area contributed by atoms with Gasteiger partial charge in [0.15, 0.2) is 0 Å². The van der Waals surface area contributed by atoms with Crippen LogP contribution in [-0.4, -0.2) is 0 Å². The molecule has 0 aromatic heterocycles. The fraction of sp³-hybridized carbons (Fsp3) is 0.500. The van der Waals surface area contributed by atoms with Crippen LogP contribution < -0.4 is 70.0 Å². The van der Waals surface area contributed by atoms with Crippen molar-refractivity contribution in [2.45, 2.75) is 6.92 Å². The SMILES string of the molecule is CC#N.[K+].[O-][Cl+3]([O-])([O-])[O-]. The molecular formula is C2H3ClKNO4. The van der Waals surface area contributed by atoms with Crippen molar-refractivity contribution < 1.29 is 80.3 Å². The zero-order valence-electron chi connectivity index (χ0n) is 4.96. The second kappa shape index (κ2) is 9.26. The molecule has 0 saturated carbocycles. The van der Waals surface area contributed by atoms with Crippen LogP contribution >= 0.6 is 0 Å². The number of hydrogen-bond acceptors (Lipinski definition) is 5. The van der Waals surface area contributed by atoms with Crippen LogP contribution in [0.3, 0.4) is 0 Å². The molecule has 0 unspecified atom stereocenters. The average molecular weight is 180 g/mol. The normalized spacial score (nSPS) is 7.56. The first kappa shape index (κ1) is 16.7. The fourth-order valence-corrected chi connectivity index (χ4v) is 0. The monoisotopic (exact) mass is 179 g/mol. The fourth-order valence-electron chi connectivity index (χ4n) is 0. The van der Waals surface area contributed by atoms with Crippen molar-refractivity contribution in [3.63, 3.8) is 0 Å². The molecule has 7 heteroatoms. The van der Waals surface area contributed by atoms with Crippen LogP contribution in [0.4, 0.5) is 0 Å². The molecule has 0 heterocycles. The van der Waals surface area contributed by atoms with Crippen LogP contribution in [0.25, 0.3) is 0 Å². The molecule has 0 rings (SSSR count). The Balaban J connectivity index is -0.0000000800. The van der Waals surface area contributed by atoms with Crippen LogP contribution in [0.2, 0.25) is 0 Å². The number of nitriles is 1. The molecule has 0 N–H and O–H groups in total. The van der Waals surface area contributed by atoms with Gasteiger partial charge in [0.1, 0.15) is 0 Å². The van der Waals surface area contributed by atoms with Gasteiger partial charge in [-0.1, -0.05) is 0 Å². The summed E-state index contributed by atoms with van der Waals surface area (Å²) < 4.78 is 34.0. The second-order valence-corrected chi connectivity index (χ2v) is 1.36. The van der Waals surface area contributed by atoms with E-state index in [1.165, 1.54) is 6.92 Å². The van der Waals surface area contributed by atoms with Gasteiger partial charge in [-0.3, -0.25) is 0 Å². The Labute approximate surface area is 97.1 Å². The molecule has 9 heavy (non-hydrogen) atoms. The van der Waals surface area contributed by atoms with Crippen LogP contribution in [0.1, 0.15) is 6.92 Å². The molecule has 0 spiro atoms. The smallest absolute Gasteiger partial charge is 0.222 e. The predicted octanol–water partition coefficient (Wildman–Crippen LogP) is -7.22. The van der Waals surface area contributed by atoms with Crippen molar-refractivity contribution in [3.05, 3.63) is 0 Å². The zero-order valence-corrected chi connectivity index (χ0v) is 8.84. The summed E-state index contributed by atoms with van der Waals surface area (Å²) in [6.45, 7) is 1.43. The maximum Gasteiger partial charge on any atom is 1.00 e. The summed E-state index contributed by atoms with van der Waals surface area (Å²) in [5, 5.41) is 7.32. The van der Waals surface area contributed by atoms with Crippen molar-refractivity contribution in [2.75, 3.05) is 0 Å². The van der Waals surface area contributed by atoms with E-state index in [0.29, 0.717) is 0 Å². The van der Waals surface area contributed by atoms with Gasteiger partial charge in [0.2, 0.25) is 0 Å². The molecule has 0 amide bonds. The van der Waals surface area contributed by atoms with Crippen molar-refractivity contribution >= 4 is 0 Å². The Morgan fingerprint density at radius 2 is 1.22 bits per heavy atom. The molecule has 0 atom stereocenters. The first-order valence-corrected chi connectivity index (χ1v) is 2.58. The predicted molar refractivity (Wildman–Crippen MR) is 11.3 cm³/mol. The Morgan fingerprint density at radius 1 is 1.22 bits per heavy atom. The minimum atomic E-state index is -4.94. The van der Waals surface area contributed by atoms with Crippen LogP contribution in [0, 0.1) is 21.6 Å². The van der Waals surface area contributed by atoms with Crippen molar-refractivity contribution in [3.8, 4) is 6.07 Å². The molecule has 0 aromatic carbocycles. The molecule has 48 valence electrons. The minimum Gasteiger partial charge on any atom is -0.222 e. The van der Waals surface area contributed by atoms with Gasteiger partial charge in [0, 0.05) is 6.92 Å². The van der Waals surface area contributed by atoms with Crippen molar-refractivity contribution in [1.29, 1.82) is 5.26 Å². The van der Waals surface area contributed by atoms with E-state index in [4.69, 9.17) is 23.9 Å². The standard InChI is InChI=1S/C2H3N.ClHO4.K/c1-2-3;2-1(3,4)5;/h1H3;(H,2,3,4,5);/q;;+1/p-1. The van der Waals surface area contributed by atoms with Gasteiger partial charge >= 0.3 is 51.4 Å². The quantitative estimate of drug-likeness (QED) is 0.343. The van der Waals surface area contributed by atoms with Gasteiger partial charge < -0.3 is 0 Å². The number of nitrogens with zero attached hydrogens (tertiary/aromatic N) is 1. The minimum absolute atomic E-state index is 0. The van der Waals surface area contributed by atoms with Gasteiger partial charge in [-0.05, 0) is 0 Å². The van der Waals surface area contributed by atoms with E-state index in [1.807, 2.05) is 0 Å².